The summed E-state index contributed by atoms with van der Waals surface area (Å²) >= 11 is 0. The predicted octanol–water partition coefficient (Wildman–Crippen LogP) is 4.22. The fourth-order valence-electron chi connectivity index (χ4n) is 5.52. The fourth-order valence-corrected chi connectivity index (χ4v) is 5.52. The van der Waals surface area contributed by atoms with Crippen LogP contribution in [0.3, 0.4) is 0 Å². The van der Waals surface area contributed by atoms with Crippen molar-refractivity contribution in [3.05, 3.63) is 54.1 Å². The van der Waals surface area contributed by atoms with Gasteiger partial charge in [0.1, 0.15) is 12.1 Å². The number of carbonyl (C=O) groups is 4. The molecule has 0 radical (unpaired) electrons. The van der Waals surface area contributed by atoms with Gasteiger partial charge in [0.15, 0.2) is 0 Å². The molecule has 2 aromatic rings. The highest BCUT2D eigenvalue weighted by Crippen LogP contribution is 2.22. The summed E-state index contributed by atoms with van der Waals surface area (Å²) in [6.07, 6.45) is 4.15. The molecule has 3 aliphatic heterocycles. The zero-order valence-electron chi connectivity index (χ0n) is 25.7. The minimum atomic E-state index is -0.345. The van der Waals surface area contributed by atoms with Crippen LogP contribution >= 0.6 is 0 Å². The van der Waals surface area contributed by atoms with Gasteiger partial charge in [-0.25, -0.2) is 0 Å². The van der Waals surface area contributed by atoms with Crippen LogP contribution in [0.1, 0.15) is 77.7 Å². The van der Waals surface area contributed by atoms with Crippen LogP contribution in [-0.2, 0) is 19.2 Å². The van der Waals surface area contributed by atoms with Crippen LogP contribution in [0.5, 0.6) is 0 Å². The van der Waals surface area contributed by atoms with Crippen molar-refractivity contribution in [3.8, 4) is 0 Å². The molecule has 5 rings (SSSR count). The number of nitrogens with zero attached hydrogens (tertiary/aromatic N) is 1. The first-order valence-electron chi connectivity index (χ1n) is 15.5. The maximum absolute atomic E-state index is 11.9. The summed E-state index contributed by atoms with van der Waals surface area (Å²) in [7, 11) is 0. The number of carbonyl (C=O) groups excluding carboxylic acids is 4. The van der Waals surface area contributed by atoms with Crippen molar-refractivity contribution in [2.45, 2.75) is 96.3 Å². The lowest BCUT2D eigenvalue weighted by molar-refractivity contribution is -0.135. The molecule has 0 bridgehead atoms. The number of rotatable bonds is 8. The van der Waals surface area contributed by atoms with Crippen molar-refractivity contribution < 1.29 is 19.2 Å². The average Bonchev–Trinajstić information content (AvgIpc) is 2.97. The number of hydrogen-bond donors (Lipinski definition) is 5. The Hall–Kier alpha value is -3.92. The van der Waals surface area contributed by atoms with Crippen molar-refractivity contribution in [3.63, 3.8) is 0 Å². The first-order chi connectivity index (χ1) is 20.6. The summed E-state index contributed by atoms with van der Waals surface area (Å²) in [6, 6.07) is 16.5. The van der Waals surface area contributed by atoms with Crippen LogP contribution < -0.4 is 26.6 Å². The van der Waals surface area contributed by atoms with E-state index in [4.69, 9.17) is 0 Å². The molecule has 3 aliphatic rings. The minimum absolute atomic E-state index is 0.187. The standard InChI is InChI=1S/C19H28N4O2.C14H18N2O2/c1-13(2)23-10-8-14(9-11-23)20-15-4-3-5-16(12-15)21-17-6-7-18(24)22-19(17)25;1-9(2)10-3-5-11(6-4-10)15-12-7-8-13(17)16-14(12)18/h3-5,12-14,17,20-21H,6-11H2,1-2H3,(H,22,24,25);3-6,9,12,15H,7-8H2,1-2H3,(H,16,17,18). The Bertz CT molecular complexity index is 1270. The van der Waals surface area contributed by atoms with E-state index in [9.17, 15) is 19.2 Å². The Morgan fingerprint density at radius 3 is 1.67 bits per heavy atom. The summed E-state index contributed by atoms with van der Waals surface area (Å²) in [5.41, 5.74) is 4.15. The van der Waals surface area contributed by atoms with Gasteiger partial charge in [0.2, 0.25) is 23.6 Å². The summed E-state index contributed by atoms with van der Waals surface area (Å²) < 4.78 is 0. The zero-order chi connectivity index (χ0) is 30.9. The van der Waals surface area contributed by atoms with E-state index in [0.717, 1.165) is 43.0 Å². The molecule has 232 valence electrons. The maximum Gasteiger partial charge on any atom is 0.249 e. The van der Waals surface area contributed by atoms with Gasteiger partial charge in [-0.1, -0.05) is 32.0 Å². The number of benzene rings is 2. The van der Waals surface area contributed by atoms with Crippen molar-refractivity contribution in [2.24, 2.45) is 0 Å². The second-order valence-corrected chi connectivity index (χ2v) is 12.2. The number of anilines is 3. The number of nitrogens with one attached hydrogen (secondary N) is 5. The van der Waals surface area contributed by atoms with E-state index >= 15 is 0 Å². The van der Waals surface area contributed by atoms with Crippen molar-refractivity contribution in [1.82, 2.24) is 15.5 Å². The van der Waals surface area contributed by atoms with Gasteiger partial charge in [0.25, 0.3) is 0 Å². The molecule has 2 aromatic carbocycles. The molecule has 0 aliphatic carbocycles. The second-order valence-electron chi connectivity index (χ2n) is 12.2. The highest BCUT2D eigenvalue weighted by Gasteiger charge is 2.27. The lowest BCUT2D eigenvalue weighted by atomic mass is 10.0. The van der Waals surface area contributed by atoms with Gasteiger partial charge in [-0.05, 0) is 81.3 Å². The Balaban J connectivity index is 0.000000208. The monoisotopic (exact) mass is 590 g/mol. The van der Waals surface area contributed by atoms with Gasteiger partial charge in [0, 0.05) is 55.1 Å². The van der Waals surface area contributed by atoms with E-state index in [1.807, 2.05) is 30.3 Å². The SMILES string of the molecule is CC(C)N1CCC(Nc2cccc(NC3CCC(=O)NC3=O)c2)CC1.CC(C)c1ccc(NC2CCC(=O)NC2=O)cc1. The fraction of sp³-hybridized carbons (Fsp3) is 0.515. The van der Waals surface area contributed by atoms with Gasteiger partial charge < -0.3 is 20.9 Å². The molecule has 3 saturated heterocycles. The second kappa shape index (κ2) is 15.0. The molecule has 10 heteroatoms. The van der Waals surface area contributed by atoms with Crippen molar-refractivity contribution in [1.29, 1.82) is 0 Å². The smallest absolute Gasteiger partial charge is 0.249 e. The van der Waals surface area contributed by atoms with Crippen LogP contribution in [0.25, 0.3) is 0 Å². The molecule has 43 heavy (non-hydrogen) atoms. The number of imide groups is 2. The Morgan fingerprint density at radius 1 is 0.674 bits per heavy atom. The van der Waals surface area contributed by atoms with E-state index in [1.165, 1.54) is 5.56 Å². The minimum Gasteiger partial charge on any atom is -0.382 e. The predicted molar refractivity (Wildman–Crippen MR) is 170 cm³/mol. The number of amides is 4. The van der Waals surface area contributed by atoms with Crippen LogP contribution in [0.2, 0.25) is 0 Å². The largest absolute Gasteiger partial charge is 0.382 e. The van der Waals surface area contributed by atoms with Gasteiger partial charge >= 0.3 is 0 Å². The molecule has 3 fully saturated rings. The highest BCUT2D eigenvalue weighted by molar-refractivity contribution is 6.02. The average molecular weight is 591 g/mol. The summed E-state index contributed by atoms with van der Waals surface area (Å²) in [5.74, 6) is -0.357. The molecule has 0 aromatic heterocycles. The maximum atomic E-state index is 11.9. The topological polar surface area (TPSA) is 132 Å². The van der Waals surface area contributed by atoms with Crippen molar-refractivity contribution >= 4 is 40.7 Å². The molecule has 0 spiro atoms. The quantitative estimate of drug-likeness (QED) is 0.289. The molecule has 2 unspecified atom stereocenters. The van der Waals surface area contributed by atoms with E-state index in [1.54, 1.807) is 0 Å². The van der Waals surface area contributed by atoms with Gasteiger partial charge in [-0.15, -0.1) is 0 Å². The molecule has 10 nitrogen and oxygen atoms in total. The van der Waals surface area contributed by atoms with Crippen LogP contribution in [0.4, 0.5) is 17.1 Å². The van der Waals surface area contributed by atoms with E-state index in [-0.39, 0.29) is 35.7 Å². The molecule has 4 amide bonds. The summed E-state index contributed by atoms with van der Waals surface area (Å²) in [4.78, 5) is 48.3. The van der Waals surface area contributed by atoms with Crippen LogP contribution in [0, 0.1) is 0 Å². The molecule has 2 atom stereocenters. The Kier molecular flexibility index (Phi) is 11.2. The molecule has 5 N–H and O–H groups in total. The number of likely N-dealkylation sites (tertiary alicyclic amines) is 1. The van der Waals surface area contributed by atoms with Crippen molar-refractivity contribution in [2.75, 3.05) is 29.0 Å². The van der Waals surface area contributed by atoms with Gasteiger partial charge in [0.05, 0.1) is 0 Å². The Labute approximate surface area is 254 Å². The third kappa shape index (κ3) is 9.54. The number of hydrogen-bond acceptors (Lipinski definition) is 8. The molecule has 0 saturated carbocycles. The molecular weight excluding hydrogens is 544 g/mol. The summed E-state index contributed by atoms with van der Waals surface area (Å²) in [6.45, 7) is 11.0. The number of piperidine rings is 3. The summed E-state index contributed by atoms with van der Waals surface area (Å²) in [5, 5.41) is 14.7. The van der Waals surface area contributed by atoms with Gasteiger partial charge in [-0.3, -0.25) is 29.8 Å². The first kappa shape index (κ1) is 32.0. The lowest BCUT2D eigenvalue weighted by Crippen LogP contribution is -2.47. The third-order valence-electron chi connectivity index (χ3n) is 8.23. The van der Waals surface area contributed by atoms with E-state index in [0.29, 0.717) is 43.7 Å². The van der Waals surface area contributed by atoms with Crippen LogP contribution in [0.15, 0.2) is 48.5 Å². The first-order valence-corrected chi connectivity index (χ1v) is 15.5. The van der Waals surface area contributed by atoms with Gasteiger partial charge in [-0.2, -0.15) is 0 Å². The van der Waals surface area contributed by atoms with Crippen LogP contribution in [-0.4, -0.2) is 65.8 Å². The Morgan fingerprint density at radius 2 is 1.19 bits per heavy atom. The molecule has 3 heterocycles. The third-order valence-corrected chi connectivity index (χ3v) is 8.23. The highest BCUT2D eigenvalue weighted by atomic mass is 16.2. The lowest BCUT2D eigenvalue weighted by Gasteiger charge is -2.35. The molecular formula is C33H46N6O4. The van der Waals surface area contributed by atoms with E-state index < -0.39 is 0 Å². The zero-order valence-corrected chi connectivity index (χ0v) is 25.7. The van der Waals surface area contributed by atoms with E-state index in [2.05, 4.69) is 77.4 Å². The normalized spacial score (nSPS) is 21.5.